The van der Waals surface area contributed by atoms with Crippen molar-refractivity contribution < 1.29 is 8.42 Å². The first-order chi connectivity index (χ1) is 9.78. The summed E-state index contributed by atoms with van der Waals surface area (Å²) in [7, 11) is 1.99. The monoisotopic (exact) mass is 377 g/mol. The van der Waals surface area contributed by atoms with E-state index in [1.165, 1.54) is 4.31 Å². The Kier molecular flexibility index (Phi) is 7.29. The molecular formula is C14H24BrN3O2S. The van der Waals surface area contributed by atoms with Gasteiger partial charge in [0, 0.05) is 31.2 Å². The molecular weight excluding hydrogens is 354 g/mol. The second-order valence-electron chi connectivity index (χ2n) is 5.17. The van der Waals surface area contributed by atoms with E-state index in [-0.39, 0.29) is 0 Å². The zero-order valence-corrected chi connectivity index (χ0v) is 15.5. The first kappa shape index (κ1) is 18.6. The maximum absolute atomic E-state index is 12.6. The Morgan fingerprint density at radius 2 is 1.86 bits per heavy atom. The summed E-state index contributed by atoms with van der Waals surface area (Å²) in [6.45, 7) is 4.79. The Labute approximate surface area is 136 Å². The second-order valence-corrected chi connectivity index (χ2v) is 8.04. The van der Waals surface area contributed by atoms with E-state index in [1.807, 2.05) is 38.1 Å². The van der Waals surface area contributed by atoms with Crippen LogP contribution in [-0.2, 0) is 16.6 Å². The Morgan fingerprint density at radius 1 is 1.19 bits per heavy atom. The largest absolute Gasteiger partial charge is 0.313 e. The number of hydrogen-bond acceptors (Lipinski definition) is 4. The SMILES string of the molecule is CCNCc1ccc(S(=O)(=O)N(C)CCN(C)C)c(Br)c1. The molecule has 0 bridgehead atoms. The summed E-state index contributed by atoms with van der Waals surface area (Å²) in [5.41, 5.74) is 1.05. The average Bonchev–Trinajstić information content (AvgIpc) is 2.42. The lowest BCUT2D eigenvalue weighted by molar-refractivity contribution is 0.358. The lowest BCUT2D eigenvalue weighted by atomic mass is 10.2. The molecule has 7 heteroatoms. The van der Waals surface area contributed by atoms with Crippen LogP contribution >= 0.6 is 15.9 Å². The van der Waals surface area contributed by atoms with Crippen molar-refractivity contribution in [1.82, 2.24) is 14.5 Å². The van der Waals surface area contributed by atoms with Crippen LogP contribution in [0.25, 0.3) is 0 Å². The number of sulfonamides is 1. The summed E-state index contributed by atoms with van der Waals surface area (Å²) in [6, 6.07) is 5.37. The van der Waals surface area contributed by atoms with Crippen LogP contribution in [0.5, 0.6) is 0 Å². The van der Waals surface area contributed by atoms with E-state index < -0.39 is 10.0 Å². The van der Waals surface area contributed by atoms with Crippen LogP contribution in [0, 0.1) is 0 Å². The number of nitrogens with zero attached hydrogens (tertiary/aromatic N) is 2. The molecule has 0 fully saturated rings. The molecule has 0 spiro atoms. The number of halogens is 1. The summed E-state index contributed by atoms with van der Waals surface area (Å²) >= 11 is 3.38. The summed E-state index contributed by atoms with van der Waals surface area (Å²) in [4.78, 5) is 2.27. The van der Waals surface area contributed by atoms with Crippen molar-refractivity contribution in [2.24, 2.45) is 0 Å². The molecule has 0 radical (unpaired) electrons. The number of rotatable bonds is 8. The number of benzene rings is 1. The van der Waals surface area contributed by atoms with Crippen molar-refractivity contribution in [3.8, 4) is 0 Å². The van der Waals surface area contributed by atoms with E-state index in [2.05, 4.69) is 21.2 Å². The van der Waals surface area contributed by atoms with Crippen molar-refractivity contribution in [1.29, 1.82) is 0 Å². The molecule has 1 rings (SSSR count). The molecule has 0 aliphatic carbocycles. The van der Waals surface area contributed by atoms with E-state index in [4.69, 9.17) is 0 Å². The third-order valence-corrected chi connectivity index (χ3v) is 5.96. The highest BCUT2D eigenvalue weighted by atomic mass is 79.9. The lowest BCUT2D eigenvalue weighted by Crippen LogP contribution is -2.33. The predicted molar refractivity (Wildman–Crippen MR) is 89.9 cm³/mol. The fourth-order valence-electron chi connectivity index (χ4n) is 1.76. The number of nitrogens with one attached hydrogen (secondary N) is 1. The predicted octanol–water partition coefficient (Wildman–Crippen LogP) is 1.74. The van der Waals surface area contributed by atoms with Gasteiger partial charge in [0.25, 0.3) is 0 Å². The highest BCUT2D eigenvalue weighted by Gasteiger charge is 2.23. The van der Waals surface area contributed by atoms with Gasteiger partial charge in [0.1, 0.15) is 0 Å². The Hall–Kier alpha value is -0.470. The summed E-state index contributed by atoms with van der Waals surface area (Å²) in [5, 5.41) is 3.22. The summed E-state index contributed by atoms with van der Waals surface area (Å²) < 4.78 is 27.1. The molecule has 0 saturated heterocycles. The van der Waals surface area contributed by atoms with Gasteiger partial charge in [-0.25, -0.2) is 8.42 Å². The summed E-state index contributed by atoms with van der Waals surface area (Å²) in [6.07, 6.45) is 0. The molecule has 0 saturated carbocycles. The molecule has 0 aliphatic heterocycles. The first-order valence-electron chi connectivity index (χ1n) is 6.89. The highest BCUT2D eigenvalue weighted by Crippen LogP contribution is 2.25. The third-order valence-electron chi connectivity index (χ3n) is 3.13. The minimum atomic E-state index is -3.46. The molecule has 1 N–H and O–H groups in total. The molecule has 21 heavy (non-hydrogen) atoms. The van der Waals surface area contributed by atoms with Crippen LogP contribution in [0.15, 0.2) is 27.6 Å². The fourth-order valence-corrected chi connectivity index (χ4v) is 4.00. The zero-order valence-electron chi connectivity index (χ0n) is 13.1. The van der Waals surface area contributed by atoms with Gasteiger partial charge < -0.3 is 10.2 Å². The average molecular weight is 378 g/mol. The van der Waals surface area contributed by atoms with Gasteiger partial charge in [-0.3, -0.25) is 0 Å². The van der Waals surface area contributed by atoms with Gasteiger partial charge in [-0.1, -0.05) is 13.0 Å². The topological polar surface area (TPSA) is 52.7 Å². The highest BCUT2D eigenvalue weighted by molar-refractivity contribution is 9.10. The van der Waals surface area contributed by atoms with E-state index in [0.29, 0.717) is 22.5 Å². The Morgan fingerprint density at radius 3 is 2.38 bits per heavy atom. The van der Waals surface area contributed by atoms with E-state index in [0.717, 1.165) is 18.7 Å². The van der Waals surface area contributed by atoms with Gasteiger partial charge in [0.15, 0.2) is 0 Å². The van der Waals surface area contributed by atoms with Gasteiger partial charge in [0.2, 0.25) is 10.0 Å². The maximum Gasteiger partial charge on any atom is 0.243 e. The van der Waals surface area contributed by atoms with Crippen LogP contribution in [0.3, 0.4) is 0 Å². The van der Waals surface area contributed by atoms with Crippen molar-refractivity contribution in [2.45, 2.75) is 18.4 Å². The molecule has 0 unspecified atom stereocenters. The van der Waals surface area contributed by atoms with E-state index in [9.17, 15) is 8.42 Å². The minimum absolute atomic E-state index is 0.309. The lowest BCUT2D eigenvalue weighted by Gasteiger charge is -2.20. The first-order valence-corrected chi connectivity index (χ1v) is 9.12. The molecule has 0 aliphatic rings. The molecule has 1 aromatic carbocycles. The molecule has 0 atom stereocenters. The van der Waals surface area contributed by atoms with Crippen molar-refractivity contribution >= 4 is 26.0 Å². The van der Waals surface area contributed by atoms with Gasteiger partial charge in [-0.05, 0) is 54.3 Å². The van der Waals surface area contributed by atoms with Crippen LogP contribution in [0.1, 0.15) is 12.5 Å². The molecule has 5 nitrogen and oxygen atoms in total. The zero-order chi connectivity index (χ0) is 16.0. The van der Waals surface area contributed by atoms with Crippen LogP contribution in [0.4, 0.5) is 0 Å². The van der Waals surface area contributed by atoms with Crippen molar-refractivity contribution in [3.05, 3.63) is 28.2 Å². The summed E-state index contributed by atoms with van der Waals surface area (Å²) in [5.74, 6) is 0. The number of hydrogen-bond donors (Lipinski definition) is 1. The van der Waals surface area contributed by atoms with Crippen LogP contribution in [-0.4, -0.2) is 58.4 Å². The molecule has 0 amide bonds. The molecule has 0 heterocycles. The standard InChI is InChI=1S/C14H24BrN3O2S/c1-5-16-11-12-6-7-14(13(15)10-12)21(19,20)18(4)9-8-17(2)3/h6-7,10,16H,5,8-9,11H2,1-4H3. The second kappa shape index (κ2) is 8.24. The molecule has 120 valence electrons. The van der Waals surface area contributed by atoms with E-state index >= 15 is 0 Å². The normalized spacial score (nSPS) is 12.3. The van der Waals surface area contributed by atoms with Crippen LogP contribution < -0.4 is 5.32 Å². The molecule has 1 aromatic rings. The van der Waals surface area contributed by atoms with Gasteiger partial charge in [0.05, 0.1) is 4.90 Å². The Bertz CT molecular complexity index is 561. The van der Waals surface area contributed by atoms with Gasteiger partial charge in [-0.2, -0.15) is 4.31 Å². The Balaban J connectivity index is 2.92. The smallest absolute Gasteiger partial charge is 0.243 e. The van der Waals surface area contributed by atoms with Crippen LogP contribution in [0.2, 0.25) is 0 Å². The number of likely N-dealkylation sites (N-methyl/N-ethyl adjacent to an activating group) is 2. The minimum Gasteiger partial charge on any atom is -0.313 e. The molecule has 0 aromatic heterocycles. The maximum atomic E-state index is 12.6. The van der Waals surface area contributed by atoms with Crippen molar-refractivity contribution in [2.75, 3.05) is 40.8 Å². The van der Waals surface area contributed by atoms with Gasteiger partial charge in [-0.15, -0.1) is 0 Å². The van der Waals surface area contributed by atoms with E-state index in [1.54, 1.807) is 13.1 Å². The fraction of sp³-hybridized carbons (Fsp3) is 0.571. The quantitative estimate of drug-likeness (QED) is 0.749. The van der Waals surface area contributed by atoms with Crippen molar-refractivity contribution in [3.63, 3.8) is 0 Å². The third kappa shape index (κ3) is 5.34. The van der Waals surface area contributed by atoms with Gasteiger partial charge >= 0.3 is 0 Å².